The van der Waals surface area contributed by atoms with Crippen LogP contribution in [0.3, 0.4) is 0 Å². The molecule has 10 heavy (non-hydrogen) atoms. The highest BCUT2D eigenvalue weighted by molar-refractivity contribution is 6.01. The Bertz CT molecular complexity index is 282. The molecular formula is C6H6N4. The van der Waals surface area contributed by atoms with Crippen molar-refractivity contribution in [2.24, 2.45) is 21.0 Å². The fraction of sp³-hybridized carbons (Fsp3) is 0.167. The van der Waals surface area contributed by atoms with Crippen molar-refractivity contribution in [2.45, 2.75) is 6.42 Å². The van der Waals surface area contributed by atoms with Gasteiger partial charge in [-0.2, -0.15) is 5.11 Å². The van der Waals surface area contributed by atoms with E-state index in [4.69, 9.17) is 5.73 Å². The maximum Gasteiger partial charge on any atom is 0.179 e. The van der Waals surface area contributed by atoms with Gasteiger partial charge in [0.15, 0.2) is 5.84 Å². The number of hydrogen-bond acceptors (Lipinski definition) is 4. The molecule has 0 aromatic heterocycles. The van der Waals surface area contributed by atoms with Gasteiger partial charge in [0.05, 0.1) is 6.20 Å². The van der Waals surface area contributed by atoms with Gasteiger partial charge in [-0.3, -0.25) is 0 Å². The summed E-state index contributed by atoms with van der Waals surface area (Å²) in [5.41, 5.74) is 7.30. The molecule has 2 heterocycles. The molecule has 0 spiro atoms. The van der Waals surface area contributed by atoms with Crippen molar-refractivity contribution in [2.75, 3.05) is 0 Å². The molecule has 2 rings (SSSR count). The van der Waals surface area contributed by atoms with Gasteiger partial charge in [0.1, 0.15) is 0 Å². The summed E-state index contributed by atoms with van der Waals surface area (Å²) in [5.74, 6) is 0.703. The van der Waals surface area contributed by atoms with Crippen LogP contribution in [0, 0.1) is 0 Å². The second-order valence-corrected chi connectivity index (χ2v) is 2.20. The number of nitrogens with zero attached hydrogens (tertiary/aromatic N) is 3. The molecule has 4 heteroatoms. The zero-order chi connectivity index (χ0) is 6.97. The quantitative estimate of drug-likeness (QED) is 0.526. The fourth-order valence-corrected chi connectivity index (χ4v) is 0.918. The fourth-order valence-electron chi connectivity index (χ4n) is 0.918. The third-order valence-electron chi connectivity index (χ3n) is 1.40. The van der Waals surface area contributed by atoms with Crippen molar-refractivity contribution in [1.82, 2.24) is 0 Å². The summed E-state index contributed by atoms with van der Waals surface area (Å²) in [4.78, 5) is 3.97. The van der Waals surface area contributed by atoms with E-state index in [1.807, 2.05) is 0 Å². The number of amidine groups is 1. The molecule has 0 saturated carbocycles. The number of nitrogens with two attached hydrogens (primary N) is 1. The zero-order valence-corrected chi connectivity index (χ0v) is 5.28. The van der Waals surface area contributed by atoms with Crippen LogP contribution in [-0.4, -0.2) is 5.84 Å². The van der Waals surface area contributed by atoms with E-state index < -0.39 is 0 Å². The second kappa shape index (κ2) is 1.76. The van der Waals surface area contributed by atoms with E-state index in [0.717, 1.165) is 17.7 Å². The largest absolute Gasteiger partial charge is 0.401 e. The van der Waals surface area contributed by atoms with E-state index in [0.29, 0.717) is 5.84 Å². The number of aliphatic imine (C=N–C) groups is 1. The van der Waals surface area contributed by atoms with Crippen LogP contribution in [0.1, 0.15) is 6.42 Å². The molecule has 2 N–H and O–H groups in total. The predicted molar refractivity (Wildman–Crippen MR) is 37.3 cm³/mol. The minimum atomic E-state index is 0.703. The topological polar surface area (TPSA) is 63.1 Å². The minimum Gasteiger partial charge on any atom is -0.401 e. The van der Waals surface area contributed by atoms with Crippen LogP contribution in [-0.2, 0) is 0 Å². The molecule has 0 aromatic carbocycles. The highest BCUT2D eigenvalue weighted by Crippen LogP contribution is 2.19. The molecule has 2 aliphatic rings. The maximum absolute atomic E-state index is 5.52. The van der Waals surface area contributed by atoms with Gasteiger partial charge >= 0.3 is 0 Å². The van der Waals surface area contributed by atoms with Crippen LogP contribution < -0.4 is 5.73 Å². The Morgan fingerprint density at radius 2 is 2.30 bits per heavy atom. The number of rotatable bonds is 0. The third kappa shape index (κ3) is 0.655. The number of fused-ring (bicyclic) bond motifs is 1. The van der Waals surface area contributed by atoms with E-state index in [-0.39, 0.29) is 0 Å². The number of azo groups is 1. The Balaban J connectivity index is 2.42. The van der Waals surface area contributed by atoms with Gasteiger partial charge < -0.3 is 5.73 Å². The van der Waals surface area contributed by atoms with E-state index in [1.165, 1.54) is 0 Å². The van der Waals surface area contributed by atoms with Gasteiger partial charge in [-0.15, -0.1) is 5.11 Å². The lowest BCUT2D eigenvalue weighted by Crippen LogP contribution is -2.07. The summed E-state index contributed by atoms with van der Waals surface area (Å²) in [6, 6.07) is 0. The summed E-state index contributed by atoms with van der Waals surface area (Å²) >= 11 is 0. The average Bonchev–Trinajstić information content (AvgIpc) is 2.33. The van der Waals surface area contributed by atoms with Gasteiger partial charge in [0.2, 0.25) is 0 Å². The van der Waals surface area contributed by atoms with Gasteiger partial charge in [-0.1, -0.05) is 0 Å². The lowest BCUT2D eigenvalue weighted by molar-refractivity contribution is 1.09. The first-order chi connectivity index (χ1) is 4.86. The minimum absolute atomic E-state index is 0.703. The van der Waals surface area contributed by atoms with Crippen LogP contribution in [0.2, 0.25) is 0 Å². The molecule has 0 amide bonds. The van der Waals surface area contributed by atoms with Crippen molar-refractivity contribution in [3.8, 4) is 0 Å². The van der Waals surface area contributed by atoms with Crippen molar-refractivity contribution >= 4 is 5.84 Å². The van der Waals surface area contributed by atoms with Crippen LogP contribution >= 0.6 is 0 Å². The predicted octanol–water partition coefficient (Wildman–Crippen LogP) is 0.938. The van der Waals surface area contributed by atoms with Crippen LogP contribution in [0.4, 0.5) is 0 Å². The van der Waals surface area contributed by atoms with E-state index in [1.54, 1.807) is 12.4 Å². The van der Waals surface area contributed by atoms with Crippen molar-refractivity contribution < 1.29 is 0 Å². The molecule has 0 atom stereocenters. The normalized spacial score (nSPS) is 21.4. The number of hydrogen-bond donors (Lipinski definition) is 1. The van der Waals surface area contributed by atoms with Crippen LogP contribution in [0.15, 0.2) is 38.9 Å². The summed E-state index contributed by atoms with van der Waals surface area (Å²) < 4.78 is 0. The van der Waals surface area contributed by atoms with Gasteiger partial charge in [0, 0.05) is 23.9 Å². The highest BCUT2D eigenvalue weighted by Gasteiger charge is 2.14. The third-order valence-corrected chi connectivity index (χ3v) is 1.40. The standard InChI is InChI=1S/C6H6N4/c7-5-1-4-2-9-10-6(4)8-3-5/h2-3H,1,7H2. The first-order valence-corrected chi connectivity index (χ1v) is 2.99. The first kappa shape index (κ1) is 5.34. The van der Waals surface area contributed by atoms with Gasteiger partial charge in [0.25, 0.3) is 0 Å². The van der Waals surface area contributed by atoms with E-state index >= 15 is 0 Å². The highest BCUT2D eigenvalue weighted by atomic mass is 15.2. The van der Waals surface area contributed by atoms with Crippen LogP contribution in [0.25, 0.3) is 0 Å². The lowest BCUT2D eigenvalue weighted by Gasteiger charge is -2.05. The monoisotopic (exact) mass is 134 g/mol. The summed E-state index contributed by atoms with van der Waals surface area (Å²) in [6.45, 7) is 0. The molecule has 50 valence electrons. The summed E-state index contributed by atoms with van der Waals surface area (Å²) in [5, 5.41) is 7.48. The van der Waals surface area contributed by atoms with Crippen LogP contribution in [0.5, 0.6) is 0 Å². The lowest BCUT2D eigenvalue weighted by atomic mass is 10.1. The molecule has 0 fully saturated rings. The Morgan fingerprint density at radius 3 is 3.20 bits per heavy atom. The van der Waals surface area contributed by atoms with E-state index in [9.17, 15) is 0 Å². The average molecular weight is 134 g/mol. The molecule has 0 bridgehead atoms. The van der Waals surface area contributed by atoms with Crippen molar-refractivity contribution in [3.05, 3.63) is 23.7 Å². The zero-order valence-electron chi connectivity index (χ0n) is 5.28. The summed E-state index contributed by atoms with van der Waals surface area (Å²) in [6.07, 6.45) is 4.04. The molecule has 0 radical (unpaired) electrons. The van der Waals surface area contributed by atoms with E-state index in [2.05, 4.69) is 15.2 Å². The SMILES string of the molecule is NC1=CN=C2N=NC=C2C1. The Labute approximate surface area is 57.9 Å². The molecule has 0 aliphatic carbocycles. The van der Waals surface area contributed by atoms with Crippen molar-refractivity contribution in [3.63, 3.8) is 0 Å². The molecule has 4 nitrogen and oxygen atoms in total. The molecule has 2 aliphatic heterocycles. The van der Waals surface area contributed by atoms with Crippen molar-refractivity contribution in [1.29, 1.82) is 0 Å². The Morgan fingerprint density at radius 1 is 1.40 bits per heavy atom. The van der Waals surface area contributed by atoms with Gasteiger partial charge in [-0.25, -0.2) is 4.99 Å². The molecular weight excluding hydrogens is 128 g/mol. The first-order valence-electron chi connectivity index (χ1n) is 2.99. The second-order valence-electron chi connectivity index (χ2n) is 2.20. The van der Waals surface area contributed by atoms with Gasteiger partial charge in [-0.05, 0) is 0 Å². The number of allylic oxidation sites excluding steroid dienone is 1. The molecule has 0 unspecified atom stereocenters. The Hall–Kier alpha value is -1.45. The molecule has 0 saturated heterocycles. The molecule has 0 aromatic rings. The summed E-state index contributed by atoms with van der Waals surface area (Å²) in [7, 11) is 0. The maximum atomic E-state index is 5.52. The smallest absolute Gasteiger partial charge is 0.179 e. The Kier molecular flexibility index (Phi) is 0.943.